The molecule has 0 unspecified atom stereocenters. The molecule has 1 fully saturated rings. The van der Waals surface area contributed by atoms with Gasteiger partial charge >= 0.3 is 0 Å². The Hall–Kier alpha value is -0.910. The first-order valence-electron chi connectivity index (χ1n) is 6.26. The smallest absolute Gasteiger partial charge is 0.280 e. The molecule has 1 aromatic rings. The number of hydrogen-bond donors (Lipinski definition) is 0. The fraction of sp³-hybridized carbons (Fsp3) is 0.538. The molecule has 0 saturated carbocycles. The number of nitrogens with zero attached hydrogens (tertiary/aromatic N) is 1. The van der Waals surface area contributed by atoms with E-state index < -0.39 is 10.1 Å². The Bertz CT molecular complexity index is 475. The van der Waals surface area contributed by atoms with Crippen LogP contribution in [0.1, 0.15) is 24.8 Å². The van der Waals surface area contributed by atoms with Gasteiger partial charge in [0.2, 0.25) is 0 Å². The predicted octanol–water partition coefficient (Wildman–Crippen LogP) is 2.14. The molecule has 0 aliphatic carbocycles. The van der Waals surface area contributed by atoms with Crippen molar-refractivity contribution < 1.29 is 12.6 Å². The van der Waals surface area contributed by atoms with E-state index in [1.165, 1.54) is 6.42 Å². The monoisotopic (exact) mass is 269 g/mol. The van der Waals surface area contributed by atoms with E-state index in [2.05, 4.69) is 0 Å². The van der Waals surface area contributed by atoms with Gasteiger partial charge < -0.3 is 0 Å². The van der Waals surface area contributed by atoms with E-state index in [0.717, 1.165) is 31.5 Å². The first-order chi connectivity index (χ1) is 8.58. The van der Waals surface area contributed by atoms with Crippen LogP contribution in [0.4, 0.5) is 0 Å². The number of aryl methyl sites for hydroxylation is 1. The standard InChI is InChI=1S/C13H19NO3S/c1-12-5-7-13(8-6-12)18(15,16)17-11-14-9-3-2-4-10-14/h5-8H,2-4,9-11H2,1H3. The molecule has 0 amide bonds. The van der Waals surface area contributed by atoms with Gasteiger partial charge in [0.05, 0.1) is 4.90 Å². The summed E-state index contributed by atoms with van der Waals surface area (Å²) >= 11 is 0. The highest BCUT2D eigenvalue weighted by Crippen LogP contribution is 2.15. The van der Waals surface area contributed by atoms with Crippen LogP contribution in [-0.2, 0) is 14.3 Å². The largest absolute Gasteiger partial charge is 0.298 e. The summed E-state index contributed by atoms with van der Waals surface area (Å²) in [6.07, 6.45) is 3.46. The minimum atomic E-state index is -3.62. The number of hydrogen-bond acceptors (Lipinski definition) is 4. The SMILES string of the molecule is Cc1ccc(S(=O)(=O)OCN2CCCCC2)cc1. The lowest BCUT2D eigenvalue weighted by molar-refractivity contribution is 0.111. The minimum absolute atomic E-state index is 0.163. The highest BCUT2D eigenvalue weighted by molar-refractivity contribution is 7.86. The molecule has 1 saturated heterocycles. The van der Waals surface area contributed by atoms with Crippen LogP contribution in [-0.4, -0.2) is 33.1 Å². The second kappa shape index (κ2) is 5.82. The van der Waals surface area contributed by atoms with Gasteiger partial charge in [0, 0.05) is 13.1 Å². The number of rotatable bonds is 4. The molecule has 1 heterocycles. The maximum absolute atomic E-state index is 11.9. The Balaban J connectivity index is 1.96. The molecule has 2 rings (SSSR count). The fourth-order valence-electron chi connectivity index (χ4n) is 2.01. The molecule has 0 N–H and O–H groups in total. The van der Waals surface area contributed by atoms with Crippen molar-refractivity contribution >= 4 is 10.1 Å². The van der Waals surface area contributed by atoms with Crippen LogP contribution in [0, 0.1) is 6.92 Å². The van der Waals surface area contributed by atoms with E-state index in [1.54, 1.807) is 24.3 Å². The van der Waals surface area contributed by atoms with Crippen LogP contribution in [0.2, 0.25) is 0 Å². The summed E-state index contributed by atoms with van der Waals surface area (Å²) in [6.45, 7) is 3.92. The van der Waals surface area contributed by atoms with E-state index in [0.29, 0.717) is 0 Å². The van der Waals surface area contributed by atoms with Crippen LogP contribution >= 0.6 is 0 Å². The summed E-state index contributed by atoms with van der Waals surface area (Å²) in [5.41, 5.74) is 1.03. The van der Waals surface area contributed by atoms with Gasteiger partial charge in [-0.05, 0) is 31.9 Å². The van der Waals surface area contributed by atoms with Gasteiger partial charge in [-0.1, -0.05) is 24.1 Å². The molecule has 18 heavy (non-hydrogen) atoms. The lowest BCUT2D eigenvalue weighted by Crippen LogP contribution is -2.32. The lowest BCUT2D eigenvalue weighted by atomic mass is 10.1. The van der Waals surface area contributed by atoms with E-state index in [4.69, 9.17) is 4.18 Å². The quantitative estimate of drug-likeness (QED) is 0.786. The number of likely N-dealkylation sites (tertiary alicyclic amines) is 1. The van der Waals surface area contributed by atoms with Gasteiger partial charge in [0.25, 0.3) is 10.1 Å². The summed E-state index contributed by atoms with van der Waals surface area (Å²) in [7, 11) is -3.62. The topological polar surface area (TPSA) is 46.6 Å². The van der Waals surface area contributed by atoms with Gasteiger partial charge in [-0.25, -0.2) is 0 Å². The number of benzene rings is 1. The fourth-order valence-corrected chi connectivity index (χ4v) is 2.90. The van der Waals surface area contributed by atoms with Crippen molar-refractivity contribution in [2.75, 3.05) is 19.8 Å². The lowest BCUT2D eigenvalue weighted by Gasteiger charge is -2.25. The zero-order chi connectivity index (χ0) is 13.0. The van der Waals surface area contributed by atoms with Gasteiger partial charge in [0.1, 0.15) is 6.73 Å². The van der Waals surface area contributed by atoms with Gasteiger partial charge in [0.15, 0.2) is 0 Å². The number of piperidine rings is 1. The van der Waals surface area contributed by atoms with Crippen molar-refractivity contribution in [3.8, 4) is 0 Å². The first-order valence-corrected chi connectivity index (χ1v) is 7.67. The molecule has 1 aromatic carbocycles. The summed E-state index contributed by atoms with van der Waals surface area (Å²) in [4.78, 5) is 2.26. The Morgan fingerprint density at radius 2 is 1.72 bits per heavy atom. The van der Waals surface area contributed by atoms with Crippen molar-refractivity contribution in [1.82, 2.24) is 4.90 Å². The second-order valence-corrected chi connectivity index (χ2v) is 6.31. The third-order valence-corrected chi connectivity index (χ3v) is 4.41. The zero-order valence-electron chi connectivity index (χ0n) is 10.6. The molecular formula is C13H19NO3S. The average molecular weight is 269 g/mol. The summed E-state index contributed by atoms with van der Waals surface area (Å²) in [5.74, 6) is 0. The second-order valence-electron chi connectivity index (χ2n) is 4.69. The normalized spacial score (nSPS) is 17.8. The molecule has 0 radical (unpaired) electrons. The van der Waals surface area contributed by atoms with Crippen molar-refractivity contribution in [3.63, 3.8) is 0 Å². The van der Waals surface area contributed by atoms with E-state index >= 15 is 0 Å². The minimum Gasteiger partial charge on any atom is -0.280 e. The summed E-state index contributed by atoms with van der Waals surface area (Å²) in [6, 6.07) is 6.72. The molecule has 1 aliphatic heterocycles. The Morgan fingerprint density at radius 1 is 1.11 bits per heavy atom. The van der Waals surface area contributed by atoms with Crippen molar-refractivity contribution in [3.05, 3.63) is 29.8 Å². The molecule has 100 valence electrons. The maximum atomic E-state index is 11.9. The van der Waals surface area contributed by atoms with Gasteiger partial charge in [-0.2, -0.15) is 8.42 Å². The molecular weight excluding hydrogens is 250 g/mol. The highest BCUT2D eigenvalue weighted by atomic mass is 32.2. The highest BCUT2D eigenvalue weighted by Gasteiger charge is 2.18. The molecule has 0 aromatic heterocycles. The maximum Gasteiger partial charge on any atom is 0.298 e. The Kier molecular flexibility index (Phi) is 4.37. The first kappa shape index (κ1) is 13.5. The van der Waals surface area contributed by atoms with Gasteiger partial charge in [-0.15, -0.1) is 0 Å². The third kappa shape index (κ3) is 3.54. The molecule has 1 aliphatic rings. The van der Waals surface area contributed by atoms with E-state index in [1.807, 2.05) is 11.8 Å². The zero-order valence-corrected chi connectivity index (χ0v) is 11.4. The average Bonchev–Trinajstić information content (AvgIpc) is 2.38. The molecule has 0 bridgehead atoms. The Morgan fingerprint density at radius 3 is 2.33 bits per heavy atom. The molecule has 0 atom stereocenters. The van der Waals surface area contributed by atoms with E-state index in [9.17, 15) is 8.42 Å². The van der Waals surface area contributed by atoms with E-state index in [-0.39, 0.29) is 11.6 Å². The Labute approximate surface area is 109 Å². The summed E-state index contributed by atoms with van der Waals surface area (Å²) < 4.78 is 29.0. The molecule has 5 heteroatoms. The van der Waals surface area contributed by atoms with Crippen molar-refractivity contribution in [2.24, 2.45) is 0 Å². The van der Waals surface area contributed by atoms with Crippen molar-refractivity contribution in [2.45, 2.75) is 31.1 Å². The van der Waals surface area contributed by atoms with Crippen LogP contribution in [0.15, 0.2) is 29.2 Å². The van der Waals surface area contributed by atoms with Crippen LogP contribution in [0.25, 0.3) is 0 Å². The van der Waals surface area contributed by atoms with Crippen LogP contribution in [0.3, 0.4) is 0 Å². The predicted molar refractivity (Wildman–Crippen MR) is 69.7 cm³/mol. The van der Waals surface area contributed by atoms with Crippen LogP contribution in [0.5, 0.6) is 0 Å². The molecule has 0 spiro atoms. The van der Waals surface area contributed by atoms with Crippen molar-refractivity contribution in [1.29, 1.82) is 0 Å². The molecule has 4 nitrogen and oxygen atoms in total. The van der Waals surface area contributed by atoms with Crippen LogP contribution < -0.4 is 0 Å². The van der Waals surface area contributed by atoms with Gasteiger partial charge in [-0.3, -0.25) is 9.08 Å². The summed E-state index contributed by atoms with van der Waals surface area (Å²) in [5, 5.41) is 0. The third-order valence-electron chi connectivity index (χ3n) is 3.15.